The van der Waals surface area contributed by atoms with Gasteiger partial charge in [-0.2, -0.15) is 0 Å². The highest BCUT2D eigenvalue weighted by Crippen LogP contribution is 2.58. The van der Waals surface area contributed by atoms with Gasteiger partial charge in [0.2, 0.25) is 0 Å². The maximum Gasteiger partial charge on any atom is 0.260 e. The Morgan fingerprint density at radius 3 is 2.93 bits per heavy atom. The van der Waals surface area contributed by atoms with Gasteiger partial charge in [0, 0.05) is 28.6 Å². The van der Waals surface area contributed by atoms with Crippen LogP contribution in [0, 0.1) is 5.92 Å². The average molecular weight is 365 g/mol. The Bertz CT molecular complexity index is 1050. The molecular formula is C21H23N3O3. The Kier molecular flexibility index (Phi) is 3.13. The second kappa shape index (κ2) is 5.15. The van der Waals surface area contributed by atoms with Gasteiger partial charge in [0.05, 0.1) is 11.8 Å². The smallest absolute Gasteiger partial charge is 0.260 e. The predicted molar refractivity (Wildman–Crippen MR) is 103 cm³/mol. The third-order valence-corrected chi connectivity index (χ3v) is 6.76. The molecule has 1 aromatic carbocycles. The summed E-state index contributed by atoms with van der Waals surface area (Å²) in [6.45, 7) is 5.92. The van der Waals surface area contributed by atoms with E-state index in [0.29, 0.717) is 5.71 Å². The van der Waals surface area contributed by atoms with E-state index in [2.05, 4.69) is 48.4 Å². The zero-order chi connectivity index (χ0) is 19.1. The van der Waals surface area contributed by atoms with Crippen molar-refractivity contribution in [1.29, 1.82) is 0 Å². The third kappa shape index (κ3) is 1.85. The van der Waals surface area contributed by atoms with Gasteiger partial charge < -0.3 is 19.8 Å². The number of carbonyl (C=O) groups excluding carboxylic acids is 1. The molecule has 3 heterocycles. The number of H-pyrrole nitrogens is 1. The molecule has 6 heteroatoms. The van der Waals surface area contributed by atoms with Gasteiger partial charge in [0.1, 0.15) is 18.4 Å². The van der Waals surface area contributed by atoms with Gasteiger partial charge in [-0.1, -0.05) is 17.3 Å². The molecule has 3 atom stereocenters. The SMILES string of the molecule is CO/N=C(\C)C1=C(O)[C@@H]2[C@H]3c4c[nH]c5cccc(c45)C[C@H]3C(C)(C)N2C1=O. The molecule has 2 N–H and O–H groups in total. The summed E-state index contributed by atoms with van der Waals surface area (Å²) >= 11 is 0. The van der Waals surface area contributed by atoms with Crippen LogP contribution in [0.4, 0.5) is 0 Å². The third-order valence-electron chi connectivity index (χ3n) is 6.76. The number of aliphatic hydroxyl groups is 1. The maximum atomic E-state index is 13.3. The summed E-state index contributed by atoms with van der Waals surface area (Å²) < 4.78 is 0. The number of fused-ring (bicyclic) bond motifs is 4. The maximum absolute atomic E-state index is 13.3. The quantitative estimate of drug-likeness (QED) is 0.633. The number of nitrogens with one attached hydrogen (secondary N) is 1. The van der Waals surface area contributed by atoms with Gasteiger partial charge in [-0.3, -0.25) is 4.79 Å². The van der Waals surface area contributed by atoms with Crippen molar-refractivity contribution < 1.29 is 14.7 Å². The normalized spacial score (nSPS) is 28.7. The van der Waals surface area contributed by atoms with E-state index in [4.69, 9.17) is 4.84 Å². The lowest BCUT2D eigenvalue weighted by atomic mass is 9.69. The second-order valence-electron chi connectivity index (χ2n) is 8.31. The number of hydrogen-bond donors (Lipinski definition) is 2. The molecular weight excluding hydrogens is 342 g/mol. The van der Waals surface area contributed by atoms with Crippen molar-refractivity contribution in [2.45, 2.75) is 44.7 Å². The van der Waals surface area contributed by atoms with E-state index in [1.165, 1.54) is 23.6 Å². The van der Waals surface area contributed by atoms with Crippen LogP contribution in [-0.2, 0) is 16.1 Å². The van der Waals surface area contributed by atoms with E-state index < -0.39 is 0 Å². The van der Waals surface area contributed by atoms with Gasteiger partial charge in [0.25, 0.3) is 5.91 Å². The van der Waals surface area contributed by atoms with E-state index in [1.54, 1.807) is 6.92 Å². The van der Waals surface area contributed by atoms with Crippen molar-refractivity contribution in [3.8, 4) is 0 Å². The van der Waals surface area contributed by atoms with E-state index in [1.807, 2.05) is 4.90 Å². The molecule has 6 nitrogen and oxygen atoms in total. The minimum Gasteiger partial charge on any atom is -0.509 e. The Morgan fingerprint density at radius 2 is 2.19 bits per heavy atom. The van der Waals surface area contributed by atoms with Gasteiger partial charge in [-0.15, -0.1) is 0 Å². The van der Waals surface area contributed by atoms with E-state index >= 15 is 0 Å². The summed E-state index contributed by atoms with van der Waals surface area (Å²) in [6.07, 6.45) is 2.95. The van der Waals surface area contributed by atoms with Crippen LogP contribution in [-0.4, -0.2) is 45.3 Å². The molecule has 2 aromatic rings. The standard InChI is InChI=1S/C21H23N3O3/c1-10(23-27-4)15-19(25)18-17-12-9-22-14-7-5-6-11(16(12)14)8-13(17)21(2,3)24(18)20(15)26/h5-7,9,13,17-18,22,25H,8H2,1-4H3/b23-10+/t13-,17+,18+/m1/s1. The van der Waals surface area contributed by atoms with Gasteiger partial charge in [-0.25, -0.2) is 0 Å². The molecule has 0 saturated carbocycles. The predicted octanol–water partition coefficient (Wildman–Crippen LogP) is 3.26. The molecule has 1 amide bonds. The highest BCUT2D eigenvalue weighted by Gasteiger charge is 2.62. The Balaban J connectivity index is 1.74. The lowest BCUT2D eigenvalue weighted by molar-refractivity contribution is -0.130. The zero-order valence-corrected chi connectivity index (χ0v) is 15.9. The number of aromatic amines is 1. The first-order valence-electron chi connectivity index (χ1n) is 9.31. The molecule has 140 valence electrons. The summed E-state index contributed by atoms with van der Waals surface area (Å²) in [5.41, 5.74) is 3.93. The lowest BCUT2D eigenvalue weighted by Gasteiger charge is -2.37. The van der Waals surface area contributed by atoms with Crippen LogP contribution in [0.1, 0.15) is 37.8 Å². The van der Waals surface area contributed by atoms with Crippen molar-refractivity contribution in [3.05, 3.63) is 46.9 Å². The highest BCUT2D eigenvalue weighted by atomic mass is 16.6. The number of benzene rings is 1. The summed E-state index contributed by atoms with van der Waals surface area (Å²) in [7, 11) is 1.44. The van der Waals surface area contributed by atoms with Crippen LogP contribution < -0.4 is 0 Å². The van der Waals surface area contributed by atoms with Crippen molar-refractivity contribution in [3.63, 3.8) is 0 Å². The zero-order valence-electron chi connectivity index (χ0n) is 15.9. The van der Waals surface area contributed by atoms with Crippen LogP contribution in [0.5, 0.6) is 0 Å². The summed E-state index contributed by atoms with van der Waals surface area (Å²) in [5, 5.41) is 16.2. The van der Waals surface area contributed by atoms with Crippen LogP contribution >= 0.6 is 0 Å². The molecule has 1 aromatic heterocycles. The molecule has 2 aliphatic heterocycles. The number of nitrogens with zero attached hydrogens (tertiary/aromatic N) is 2. The number of hydrogen-bond acceptors (Lipinski definition) is 4. The van der Waals surface area contributed by atoms with Gasteiger partial charge in [0.15, 0.2) is 0 Å². The lowest BCUT2D eigenvalue weighted by Crippen LogP contribution is -2.47. The molecule has 27 heavy (non-hydrogen) atoms. The highest BCUT2D eigenvalue weighted by molar-refractivity contribution is 6.23. The fourth-order valence-corrected chi connectivity index (χ4v) is 5.66. The van der Waals surface area contributed by atoms with Gasteiger partial charge in [-0.05, 0) is 50.3 Å². The number of oxime groups is 1. The van der Waals surface area contributed by atoms with Crippen molar-refractivity contribution in [1.82, 2.24) is 9.88 Å². The first-order valence-corrected chi connectivity index (χ1v) is 9.31. The molecule has 1 saturated heterocycles. The molecule has 0 radical (unpaired) electrons. The topological polar surface area (TPSA) is 77.9 Å². The van der Waals surface area contributed by atoms with Crippen molar-refractivity contribution in [2.75, 3.05) is 7.11 Å². The van der Waals surface area contributed by atoms with Crippen LogP contribution in [0.3, 0.4) is 0 Å². The van der Waals surface area contributed by atoms with E-state index in [-0.39, 0.29) is 40.7 Å². The average Bonchev–Trinajstić information content (AvgIpc) is 3.22. The molecule has 0 unspecified atom stereocenters. The van der Waals surface area contributed by atoms with Crippen LogP contribution in [0.2, 0.25) is 0 Å². The minimum absolute atomic E-state index is 0.0560. The van der Waals surface area contributed by atoms with Crippen LogP contribution in [0.25, 0.3) is 10.9 Å². The number of rotatable bonds is 2. The summed E-state index contributed by atoms with van der Waals surface area (Å²) in [5.74, 6) is 0.253. The van der Waals surface area contributed by atoms with E-state index in [9.17, 15) is 9.90 Å². The largest absolute Gasteiger partial charge is 0.509 e. The number of amides is 1. The molecule has 1 aliphatic carbocycles. The first-order chi connectivity index (χ1) is 12.9. The molecule has 3 aliphatic rings. The number of aliphatic hydroxyl groups excluding tert-OH is 1. The van der Waals surface area contributed by atoms with Crippen LogP contribution in [0.15, 0.2) is 40.9 Å². The minimum atomic E-state index is -0.382. The fraction of sp³-hybridized carbons (Fsp3) is 0.429. The molecule has 0 spiro atoms. The summed E-state index contributed by atoms with van der Waals surface area (Å²) in [6, 6.07) is 5.97. The van der Waals surface area contributed by atoms with E-state index in [0.717, 1.165) is 11.9 Å². The molecule has 5 rings (SSSR count). The number of aromatic nitrogens is 1. The van der Waals surface area contributed by atoms with Crippen molar-refractivity contribution >= 4 is 22.5 Å². The Hall–Kier alpha value is -2.76. The van der Waals surface area contributed by atoms with Crippen molar-refractivity contribution in [2.24, 2.45) is 11.1 Å². The molecule has 1 fully saturated rings. The second-order valence-corrected chi connectivity index (χ2v) is 8.31. The molecule has 0 bridgehead atoms. The summed E-state index contributed by atoms with van der Waals surface area (Å²) in [4.78, 5) is 23.4. The Labute approximate surface area is 157 Å². The monoisotopic (exact) mass is 365 g/mol. The first kappa shape index (κ1) is 16.4. The number of carbonyl (C=O) groups is 1. The fourth-order valence-electron chi connectivity index (χ4n) is 5.66. The van der Waals surface area contributed by atoms with Gasteiger partial charge >= 0.3 is 0 Å². The Morgan fingerprint density at radius 1 is 1.41 bits per heavy atom.